The van der Waals surface area contributed by atoms with Crippen LogP contribution in [0.3, 0.4) is 0 Å². The summed E-state index contributed by atoms with van der Waals surface area (Å²) in [4.78, 5) is 2.58. The van der Waals surface area contributed by atoms with Crippen molar-refractivity contribution >= 4 is 0 Å². The lowest BCUT2D eigenvalue weighted by Gasteiger charge is -2.31. The van der Waals surface area contributed by atoms with E-state index in [1.54, 1.807) is 0 Å². The zero-order chi connectivity index (χ0) is 11.1. The van der Waals surface area contributed by atoms with Crippen LogP contribution in [0, 0.1) is 11.8 Å². The van der Waals surface area contributed by atoms with E-state index >= 15 is 0 Å². The van der Waals surface area contributed by atoms with Crippen LogP contribution < -0.4 is 0 Å². The molecule has 1 nitrogen and oxygen atoms in total. The average Bonchev–Trinajstić information content (AvgIpc) is 2.11. The van der Waals surface area contributed by atoms with Gasteiger partial charge in [-0.05, 0) is 38.6 Å². The second kappa shape index (κ2) is 7.28. The quantitative estimate of drug-likeness (QED) is 0.603. The van der Waals surface area contributed by atoms with Crippen molar-refractivity contribution in [2.75, 3.05) is 13.1 Å². The Morgan fingerprint density at radius 1 is 1.00 bits per heavy atom. The molecule has 0 aliphatic carbocycles. The van der Waals surface area contributed by atoms with Gasteiger partial charge in [-0.15, -0.1) is 0 Å². The first-order valence-electron chi connectivity index (χ1n) is 6.26. The molecule has 0 aromatic rings. The van der Waals surface area contributed by atoms with Crippen LogP contribution >= 0.6 is 0 Å². The van der Waals surface area contributed by atoms with E-state index in [4.69, 9.17) is 0 Å². The molecule has 14 heavy (non-hydrogen) atoms. The second-order valence-corrected chi connectivity index (χ2v) is 4.97. The van der Waals surface area contributed by atoms with Crippen molar-refractivity contribution in [3.8, 4) is 0 Å². The van der Waals surface area contributed by atoms with E-state index < -0.39 is 0 Å². The Morgan fingerprint density at radius 2 is 1.57 bits per heavy atom. The average molecular weight is 199 g/mol. The van der Waals surface area contributed by atoms with Gasteiger partial charge in [-0.3, -0.25) is 0 Å². The van der Waals surface area contributed by atoms with Gasteiger partial charge in [0, 0.05) is 12.6 Å². The van der Waals surface area contributed by atoms with Crippen LogP contribution in [0.5, 0.6) is 0 Å². The Kier molecular flexibility index (Phi) is 7.26. The molecule has 0 aromatic carbocycles. The SMILES string of the molecule is CCCC(CN(CC)C(C)C)C(C)C. The van der Waals surface area contributed by atoms with Crippen molar-refractivity contribution in [1.82, 2.24) is 4.90 Å². The molecule has 0 spiro atoms. The smallest absolute Gasteiger partial charge is 0.00385 e. The highest BCUT2D eigenvalue weighted by molar-refractivity contribution is 4.70. The van der Waals surface area contributed by atoms with Crippen molar-refractivity contribution in [1.29, 1.82) is 0 Å². The van der Waals surface area contributed by atoms with Gasteiger partial charge in [0.25, 0.3) is 0 Å². The molecule has 1 unspecified atom stereocenters. The van der Waals surface area contributed by atoms with Gasteiger partial charge >= 0.3 is 0 Å². The van der Waals surface area contributed by atoms with Gasteiger partial charge in [0.1, 0.15) is 0 Å². The van der Waals surface area contributed by atoms with Crippen molar-refractivity contribution in [3.05, 3.63) is 0 Å². The maximum Gasteiger partial charge on any atom is 0.00385 e. The van der Waals surface area contributed by atoms with Crippen LogP contribution in [0.4, 0.5) is 0 Å². The third kappa shape index (κ3) is 4.99. The highest BCUT2D eigenvalue weighted by Crippen LogP contribution is 2.19. The molecule has 0 aliphatic heterocycles. The highest BCUT2D eigenvalue weighted by Gasteiger charge is 2.17. The third-order valence-corrected chi connectivity index (χ3v) is 3.21. The molecule has 0 heterocycles. The zero-order valence-corrected chi connectivity index (χ0v) is 11.0. The fourth-order valence-electron chi connectivity index (χ4n) is 2.01. The van der Waals surface area contributed by atoms with Gasteiger partial charge in [-0.1, -0.05) is 34.1 Å². The molecule has 0 fully saturated rings. The lowest BCUT2D eigenvalue weighted by atomic mass is 9.90. The van der Waals surface area contributed by atoms with E-state index in [0.717, 1.165) is 11.8 Å². The molecule has 0 radical (unpaired) electrons. The molecular formula is C13H29N. The molecule has 86 valence electrons. The van der Waals surface area contributed by atoms with Crippen molar-refractivity contribution in [2.45, 2.75) is 60.4 Å². The predicted octanol–water partition coefficient (Wildman–Crippen LogP) is 3.79. The van der Waals surface area contributed by atoms with E-state index in [1.165, 1.54) is 25.9 Å². The number of rotatable bonds is 7. The summed E-state index contributed by atoms with van der Waals surface area (Å²) in [5.74, 6) is 1.70. The molecule has 0 saturated heterocycles. The standard InChI is InChI=1S/C13H29N/c1-7-9-13(11(3)4)10-14(8-2)12(5)6/h11-13H,7-10H2,1-6H3. The molecule has 0 bridgehead atoms. The molecule has 1 atom stereocenters. The minimum absolute atomic E-state index is 0.693. The second-order valence-electron chi connectivity index (χ2n) is 4.97. The van der Waals surface area contributed by atoms with Crippen LogP contribution in [0.15, 0.2) is 0 Å². The normalized spacial score (nSPS) is 14.4. The van der Waals surface area contributed by atoms with Gasteiger partial charge in [-0.2, -0.15) is 0 Å². The number of hydrogen-bond donors (Lipinski definition) is 0. The molecule has 1 heteroatoms. The summed E-state index contributed by atoms with van der Waals surface area (Å²) in [6.07, 6.45) is 2.69. The van der Waals surface area contributed by atoms with Crippen molar-refractivity contribution < 1.29 is 0 Å². The summed E-state index contributed by atoms with van der Waals surface area (Å²) >= 11 is 0. The van der Waals surface area contributed by atoms with Crippen LogP contribution in [0.1, 0.15) is 54.4 Å². The summed E-state index contributed by atoms with van der Waals surface area (Å²) in [5.41, 5.74) is 0. The molecule has 0 saturated carbocycles. The Bertz CT molecular complexity index is 129. The predicted molar refractivity (Wildman–Crippen MR) is 65.6 cm³/mol. The fraction of sp³-hybridized carbons (Fsp3) is 1.00. The Hall–Kier alpha value is -0.0400. The van der Waals surface area contributed by atoms with E-state index in [1.807, 2.05) is 0 Å². The molecule has 0 aliphatic rings. The lowest BCUT2D eigenvalue weighted by molar-refractivity contribution is 0.166. The van der Waals surface area contributed by atoms with E-state index in [-0.39, 0.29) is 0 Å². The third-order valence-electron chi connectivity index (χ3n) is 3.21. The Balaban J connectivity index is 4.11. The Labute approximate surface area is 90.9 Å². The molecule has 0 aromatic heterocycles. The summed E-state index contributed by atoms with van der Waals surface area (Å²) in [6, 6.07) is 0.693. The minimum atomic E-state index is 0.693. The zero-order valence-electron chi connectivity index (χ0n) is 11.0. The summed E-state index contributed by atoms with van der Waals surface area (Å²) in [6.45, 7) is 16.3. The van der Waals surface area contributed by atoms with Crippen LogP contribution in [0.2, 0.25) is 0 Å². The fourth-order valence-corrected chi connectivity index (χ4v) is 2.01. The first kappa shape index (κ1) is 14.0. The summed E-state index contributed by atoms with van der Waals surface area (Å²) < 4.78 is 0. The summed E-state index contributed by atoms with van der Waals surface area (Å²) in [5, 5.41) is 0. The van der Waals surface area contributed by atoms with Crippen molar-refractivity contribution in [2.24, 2.45) is 11.8 Å². The van der Waals surface area contributed by atoms with Gasteiger partial charge in [0.05, 0.1) is 0 Å². The van der Waals surface area contributed by atoms with E-state index in [2.05, 4.69) is 46.4 Å². The van der Waals surface area contributed by atoms with Crippen LogP contribution in [0.25, 0.3) is 0 Å². The maximum atomic E-state index is 2.58. The van der Waals surface area contributed by atoms with E-state index in [0.29, 0.717) is 6.04 Å². The first-order chi connectivity index (χ1) is 6.52. The molecule has 0 amide bonds. The first-order valence-corrected chi connectivity index (χ1v) is 6.26. The minimum Gasteiger partial charge on any atom is -0.301 e. The Morgan fingerprint density at radius 3 is 1.86 bits per heavy atom. The van der Waals surface area contributed by atoms with E-state index in [9.17, 15) is 0 Å². The summed E-state index contributed by atoms with van der Waals surface area (Å²) in [7, 11) is 0. The number of hydrogen-bond acceptors (Lipinski definition) is 1. The van der Waals surface area contributed by atoms with Gasteiger partial charge < -0.3 is 4.90 Å². The van der Waals surface area contributed by atoms with Crippen LogP contribution in [-0.4, -0.2) is 24.0 Å². The van der Waals surface area contributed by atoms with Gasteiger partial charge in [-0.25, -0.2) is 0 Å². The van der Waals surface area contributed by atoms with Gasteiger partial charge in [0.2, 0.25) is 0 Å². The topological polar surface area (TPSA) is 3.24 Å². The molecule has 0 N–H and O–H groups in total. The maximum absolute atomic E-state index is 2.58. The van der Waals surface area contributed by atoms with Gasteiger partial charge in [0.15, 0.2) is 0 Å². The van der Waals surface area contributed by atoms with Crippen LogP contribution in [-0.2, 0) is 0 Å². The lowest BCUT2D eigenvalue weighted by Crippen LogP contribution is -2.36. The highest BCUT2D eigenvalue weighted by atomic mass is 15.1. The molecule has 0 rings (SSSR count). The number of nitrogens with zero attached hydrogens (tertiary/aromatic N) is 1. The largest absolute Gasteiger partial charge is 0.301 e. The monoisotopic (exact) mass is 199 g/mol. The molecular weight excluding hydrogens is 170 g/mol. The van der Waals surface area contributed by atoms with Crippen molar-refractivity contribution in [3.63, 3.8) is 0 Å².